The van der Waals surface area contributed by atoms with Gasteiger partial charge in [0.15, 0.2) is 0 Å². The third-order valence-electron chi connectivity index (χ3n) is 5.01. The summed E-state index contributed by atoms with van der Waals surface area (Å²) < 4.78 is 80.4. The summed E-state index contributed by atoms with van der Waals surface area (Å²) in [5.41, 5.74) is -1.11. The minimum atomic E-state index is -4.68. The van der Waals surface area contributed by atoms with Crippen molar-refractivity contribution in [2.45, 2.75) is 57.3 Å². The highest BCUT2D eigenvalue weighted by atomic mass is 35.5. The van der Waals surface area contributed by atoms with E-state index in [1.807, 2.05) is 0 Å². The Balaban J connectivity index is 1.93. The summed E-state index contributed by atoms with van der Waals surface area (Å²) in [6, 6.07) is 3.88. The first kappa shape index (κ1) is 21.7. The molecule has 0 bridgehead atoms. The monoisotopic (exact) mass is 441 g/mol. The molecule has 1 saturated carbocycles. The Kier molecular flexibility index (Phi) is 6.03. The van der Waals surface area contributed by atoms with Gasteiger partial charge in [-0.1, -0.05) is 17.7 Å². The van der Waals surface area contributed by atoms with Gasteiger partial charge in [0.05, 0.1) is 6.54 Å². The summed E-state index contributed by atoms with van der Waals surface area (Å²) in [5.74, 6) is -3.73. The van der Waals surface area contributed by atoms with Crippen molar-refractivity contribution in [1.82, 2.24) is 14.3 Å². The van der Waals surface area contributed by atoms with Gasteiger partial charge in [0.25, 0.3) is 0 Å². The Hall–Kier alpha value is -1.97. The van der Waals surface area contributed by atoms with Crippen LogP contribution in [0.5, 0.6) is 0 Å². The van der Waals surface area contributed by atoms with E-state index in [0.717, 1.165) is 10.6 Å². The Morgan fingerprint density at radius 3 is 2.45 bits per heavy atom. The molecule has 11 heteroatoms. The molecule has 160 valence electrons. The summed E-state index contributed by atoms with van der Waals surface area (Å²) in [5, 5.41) is 3.79. The highest BCUT2D eigenvalue weighted by Crippen LogP contribution is 2.37. The van der Waals surface area contributed by atoms with Gasteiger partial charge >= 0.3 is 11.9 Å². The molecule has 0 atom stereocenters. The van der Waals surface area contributed by atoms with Gasteiger partial charge in [-0.15, -0.1) is 0 Å². The molecule has 0 amide bonds. The second kappa shape index (κ2) is 8.04. The van der Waals surface area contributed by atoms with E-state index in [1.165, 1.54) is 12.1 Å². The zero-order valence-electron chi connectivity index (χ0n) is 15.2. The number of aromatic nitrogens is 3. The maximum absolute atomic E-state index is 14.1. The number of alkyl halides is 5. The summed E-state index contributed by atoms with van der Waals surface area (Å²) >= 11 is 5.97. The standard InChI is InChI=1S/C18H18ClF6N3O/c19-13-2-1-3-14(20)12(13)9-27-15(8-11-4-6-17(21,22)7-5-11)26-28(16(27)29)10-18(23,24)25/h1-3,11H,4-10H2. The summed E-state index contributed by atoms with van der Waals surface area (Å²) in [4.78, 5) is 12.5. The van der Waals surface area contributed by atoms with Crippen LogP contribution in [0.25, 0.3) is 0 Å². The van der Waals surface area contributed by atoms with Crippen LogP contribution in [0.2, 0.25) is 5.02 Å². The van der Waals surface area contributed by atoms with Gasteiger partial charge in [-0.2, -0.15) is 18.3 Å². The van der Waals surface area contributed by atoms with E-state index in [-0.39, 0.29) is 59.1 Å². The van der Waals surface area contributed by atoms with Crippen molar-refractivity contribution in [3.05, 3.63) is 50.9 Å². The van der Waals surface area contributed by atoms with Crippen LogP contribution >= 0.6 is 11.6 Å². The van der Waals surface area contributed by atoms with Crippen LogP contribution in [0.1, 0.15) is 37.1 Å². The molecule has 0 spiro atoms. The van der Waals surface area contributed by atoms with Crippen molar-refractivity contribution in [2.75, 3.05) is 0 Å². The molecule has 0 saturated heterocycles. The summed E-state index contributed by atoms with van der Waals surface area (Å²) in [6.07, 6.45) is -4.97. The first-order chi connectivity index (χ1) is 13.5. The number of halogens is 7. The molecule has 0 unspecified atom stereocenters. The van der Waals surface area contributed by atoms with Crippen molar-refractivity contribution in [1.29, 1.82) is 0 Å². The van der Waals surface area contributed by atoms with E-state index in [0.29, 0.717) is 0 Å². The molecule has 1 aromatic carbocycles. The maximum atomic E-state index is 14.1. The first-order valence-electron chi connectivity index (χ1n) is 8.99. The fourth-order valence-electron chi connectivity index (χ4n) is 3.47. The average molecular weight is 442 g/mol. The van der Waals surface area contributed by atoms with Crippen LogP contribution < -0.4 is 5.69 Å². The molecule has 1 aromatic heterocycles. The molecule has 1 fully saturated rings. The van der Waals surface area contributed by atoms with Crippen molar-refractivity contribution in [3.63, 3.8) is 0 Å². The zero-order valence-corrected chi connectivity index (χ0v) is 15.9. The van der Waals surface area contributed by atoms with E-state index in [2.05, 4.69) is 5.10 Å². The van der Waals surface area contributed by atoms with Gasteiger partial charge in [-0.25, -0.2) is 22.6 Å². The fraction of sp³-hybridized carbons (Fsp3) is 0.556. The smallest absolute Gasteiger partial charge is 0.274 e. The minimum Gasteiger partial charge on any atom is -0.274 e. The van der Waals surface area contributed by atoms with Crippen LogP contribution in [-0.2, 0) is 19.5 Å². The fourth-order valence-corrected chi connectivity index (χ4v) is 3.70. The van der Waals surface area contributed by atoms with E-state index in [1.54, 1.807) is 0 Å². The number of nitrogens with zero attached hydrogens (tertiary/aromatic N) is 3. The first-order valence-corrected chi connectivity index (χ1v) is 9.37. The molecule has 0 aliphatic heterocycles. The predicted molar refractivity (Wildman–Crippen MR) is 93.7 cm³/mol. The SMILES string of the molecule is O=c1n(CC(F)(F)F)nc(CC2CCC(F)(F)CC2)n1Cc1c(F)cccc1Cl. The molecule has 4 nitrogen and oxygen atoms in total. The Labute approximate surface area is 167 Å². The summed E-state index contributed by atoms with van der Waals surface area (Å²) in [6.45, 7) is -2.00. The van der Waals surface area contributed by atoms with E-state index in [4.69, 9.17) is 11.6 Å². The lowest BCUT2D eigenvalue weighted by Crippen LogP contribution is -2.31. The molecule has 1 aliphatic rings. The van der Waals surface area contributed by atoms with Crippen molar-refractivity contribution in [3.8, 4) is 0 Å². The van der Waals surface area contributed by atoms with Crippen LogP contribution in [0.15, 0.2) is 23.0 Å². The van der Waals surface area contributed by atoms with Crippen molar-refractivity contribution >= 4 is 11.6 Å². The van der Waals surface area contributed by atoms with Crippen LogP contribution in [0, 0.1) is 11.7 Å². The highest BCUT2D eigenvalue weighted by Gasteiger charge is 2.36. The topological polar surface area (TPSA) is 39.8 Å². The molecule has 2 aromatic rings. The average Bonchev–Trinajstić information content (AvgIpc) is 2.87. The molecule has 29 heavy (non-hydrogen) atoms. The van der Waals surface area contributed by atoms with Gasteiger partial charge in [-0.05, 0) is 30.9 Å². The predicted octanol–water partition coefficient (Wildman–Crippen LogP) is 4.82. The Bertz CT molecular complexity index is 906. The van der Waals surface area contributed by atoms with Gasteiger partial charge in [-0.3, -0.25) is 4.57 Å². The number of rotatable bonds is 5. The Morgan fingerprint density at radius 2 is 1.86 bits per heavy atom. The minimum absolute atomic E-state index is 0.00575. The van der Waals surface area contributed by atoms with Gasteiger partial charge in [0.1, 0.15) is 18.2 Å². The quantitative estimate of drug-likeness (QED) is 0.624. The third kappa shape index (κ3) is 5.34. The van der Waals surface area contributed by atoms with Gasteiger partial charge in [0.2, 0.25) is 5.92 Å². The third-order valence-corrected chi connectivity index (χ3v) is 5.37. The molecule has 1 aliphatic carbocycles. The molecule has 1 heterocycles. The Morgan fingerprint density at radius 1 is 1.21 bits per heavy atom. The number of benzene rings is 1. The molecule has 3 rings (SSSR count). The second-order valence-corrected chi connectivity index (χ2v) is 7.67. The lowest BCUT2D eigenvalue weighted by molar-refractivity contribution is -0.143. The number of hydrogen-bond acceptors (Lipinski definition) is 2. The molecule has 0 N–H and O–H groups in total. The zero-order chi connectivity index (χ0) is 21.4. The van der Waals surface area contributed by atoms with E-state index < -0.39 is 36.7 Å². The lowest BCUT2D eigenvalue weighted by atomic mass is 9.84. The van der Waals surface area contributed by atoms with Crippen molar-refractivity contribution in [2.24, 2.45) is 5.92 Å². The maximum Gasteiger partial charge on any atom is 0.408 e. The summed E-state index contributed by atoms with van der Waals surface area (Å²) in [7, 11) is 0. The largest absolute Gasteiger partial charge is 0.408 e. The van der Waals surface area contributed by atoms with Crippen LogP contribution in [0.3, 0.4) is 0 Å². The van der Waals surface area contributed by atoms with Crippen LogP contribution in [-0.4, -0.2) is 26.4 Å². The molecule has 0 radical (unpaired) electrons. The molecular weight excluding hydrogens is 424 g/mol. The van der Waals surface area contributed by atoms with E-state index in [9.17, 15) is 31.1 Å². The molecular formula is C18H18ClF6N3O. The number of hydrogen-bond donors (Lipinski definition) is 0. The highest BCUT2D eigenvalue weighted by molar-refractivity contribution is 6.31. The van der Waals surface area contributed by atoms with Crippen LogP contribution in [0.4, 0.5) is 26.3 Å². The van der Waals surface area contributed by atoms with Crippen molar-refractivity contribution < 1.29 is 26.3 Å². The van der Waals surface area contributed by atoms with Gasteiger partial charge < -0.3 is 0 Å². The lowest BCUT2D eigenvalue weighted by Gasteiger charge is -2.27. The normalized spacial score (nSPS) is 17.6. The van der Waals surface area contributed by atoms with E-state index >= 15 is 0 Å². The van der Waals surface area contributed by atoms with Gasteiger partial charge in [0, 0.05) is 29.8 Å². The second-order valence-electron chi connectivity index (χ2n) is 7.26.